The van der Waals surface area contributed by atoms with Crippen LogP contribution in [0, 0.1) is 0 Å². The van der Waals surface area contributed by atoms with Gasteiger partial charge in [-0.15, -0.1) is 0 Å². The van der Waals surface area contributed by atoms with Gasteiger partial charge in [0.15, 0.2) is 0 Å². The summed E-state index contributed by atoms with van der Waals surface area (Å²) < 4.78 is 1.57. The zero-order valence-electron chi connectivity index (χ0n) is 12.2. The van der Waals surface area contributed by atoms with Crippen molar-refractivity contribution in [3.8, 4) is 0 Å². The van der Waals surface area contributed by atoms with E-state index >= 15 is 0 Å². The van der Waals surface area contributed by atoms with Crippen molar-refractivity contribution in [2.24, 2.45) is 5.10 Å². The highest BCUT2D eigenvalue weighted by atomic mass is 16.1. The molecule has 0 bridgehead atoms. The summed E-state index contributed by atoms with van der Waals surface area (Å²) in [5.41, 5.74) is 4.44. The average molecular weight is 292 g/mol. The van der Waals surface area contributed by atoms with E-state index in [9.17, 15) is 4.79 Å². The van der Waals surface area contributed by atoms with Crippen molar-refractivity contribution in [3.63, 3.8) is 0 Å². The van der Waals surface area contributed by atoms with Crippen molar-refractivity contribution >= 4 is 23.1 Å². The highest BCUT2D eigenvalue weighted by molar-refractivity contribution is 5.80. The fourth-order valence-corrected chi connectivity index (χ4v) is 2.25. The topological polar surface area (TPSA) is 59.3 Å². The Hall–Kier alpha value is -2.95. The van der Waals surface area contributed by atoms with Gasteiger partial charge in [-0.2, -0.15) is 5.10 Å². The molecule has 0 atom stereocenters. The molecule has 1 aromatic heterocycles. The maximum Gasteiger partial charge on any atom is 0.262 e. The van der Waals surface area contributed by atoms with E-state index in [1.807, 2.05) is 55.5 Å². The van der Waals surface area contributed by atoms with Crippen LogP contribution in [0.2, 0.25) is 0 Å². The first kappa shape index (κ1) is 14.0. The minimum absolute atomic E-state index is 0.0643. The van der Waals surface area contributed by atoms with E-state index in [-0.39, 0.29) is 5.56 Å². The minimum atomic E-state index is -0.0643. The molecule has 0 aliphatic heterocycles. The number of anilines is 1. The second-order valence-electron chi connectivity index (χ2n) is 4.78. The maximum atomic E-state index is 12.4. The second kappa shape index (κ2) is 6.22. The molecule has 1 heterocycles. The molecule has 0 aliphatic carbocycles. The molecular weight excluding hydrogens is 276 g/mol. The van der Waals surface area contributed by atoms with Gasteiger partial charge in [0.1, 0.15) is 0 Å². The van der Waals surface area contributed by atoms with Crippen LogP contribution in [0.1, 0.15) is 12.5 Å². The summed E-state index contributed by atoms with van der Waals surface area (Å²) in [5.74, 6) is 0.443. The van der Waals surface area contributed by atoms with Gasteiger partial charge in [-0.1, -0.05) is 42.5 Å². The van der Waals surface area contributed by atoms with E-state index in [1.165, 1.54) is 0 Å². The van der Waals surface area contributed by atoms with E-state index in [0.29, 0.717) is 23.4 Å². The predicted octanol–water partition coefficient (Wildman–Crippen LogP) is 2.86. The van der Waals surface area contributed by atoms with Crippen LogP contribution in [-0.2, 0) is 6.54 Å². The molecule has 2 aromatic carbocycles. The van der Waals surface area contributed by atoms with Crippen molar-refractivity contribution < 1.29 is 0 Å². The predicted molar refractivity (Wildman–Crippen MR) is 89.3 cm³/mol. The third kappa shape index (κ3) is 2.74. The molecule has 0 amide bonds. The lowest BCUT2D eigenvalue weighted by atomic mass is 10.2. The van der Waals surface area contributed by atoms with Crippen LogP contribution in [-0.4, -0.2) is 15.8 Å². The Morgan fingerprint density at radius 1 is 1.14 bits per heavy atom. The van der Waals surface area contributed by atoms with Gasteiger partial charge in [-0.05, 0) is 24.6 Å². The minimum Gasteiger partial charge on any atom is -0.277 e. The van der Waals surface area contributed by atoms with Gasteiger partial charge in [0, 0.05) is 6.54 Å². The number of para-hydroxylation sites is 1. The van der Waals surface area contributed by atoms with Crippen LogP contribution in [0.25, 0.3) is 10.9 Å². The number of hydrogen-bond acceptors (Lipinski definition) is 4. The maximum absolute atomic E-state index is 12.4. The van der Waals surface area contributed by atoms with E-state index < -0.39 is 0 Å². The fraction of sp³-hybridized carbons (Fsp3) is 0.118. The molecule has 1 N–H and O–H groups in total. The van der Waals surface area contributed by atoms with Crippen LogP contribution < -0.4 is 11.0 Å². The molecule has 110 valence electrons. The highest BCUT2D eigenvalue weighted by Gasteiger charge is 2.08. The molecule has 0 saturated heterocycles. The largest absolute Gasteiger partial charge is 0.277 e. The normalized spacial score (nSPS) is 11.1. The van der Waals surface area contributed by atoms with Gasteiger partial charge in [-0.3, -0.25) is 9.36 Å². The van der Waals surface area contributed by atoms with Crippen LogP contribution in [0.4, 0.5) is 5.95 Å². The molecule has 0 unspecified atom stereocenters. The van der Waals surface area contributed by atoms with Crippen molar-refractivity contribution in [2.75, 3.05) is 5.43 Å². The molecule has 5 nitrogen and oxygen atoms in total. The Bertz CT molecular complexity index is 869. The van der Waals surface area contributed by atoms with Gasteiger partial charge >= 0.3 is 0 Å². The SMILES string of the molecule is CCn1c(N/N=C\c2ccccc2)nc2ccccc2c1=O. The lowest BCUT2D eigenvalue weighted by Crippen LogP contribution is -2.23. The lowest BCUT2D eigenvalue weighted by molar-refractivity contribution is 0.724. The number of aromatic nitrogens is 2. The molecule has 0 radical (unpaired) electrons. The molecular formula is C17H16N4O. The van der Waals surface area contributed by atoms with Gasteiger partial charge < -0.3 is 0 Å². The Labute approximate surface area is 127 Å². The number of fused-ring (bicyclic) bond motifs is 1. The summed E-state index contributed by atoms with van der Waals surface area (Å²) in [6.07, 6.45) is 1.70. The van der Waals surface area contributed by atoms with Gasteiger partial charge in [0.05, 0.1) is 17.1 Å². The third-order valence-electron chi connectivity index (χ3n) is 3.36. The van der Waals surface area contributed by atoms with Gasteiger partial charge in [0.2, 0.25) is 5.95 Å². The second-order valence-corrected chi connectivity index (χ2v) is 4.78. The molecule has 0 saturated carbocycles. The molecule has 5 heteroatoms. The Morgan fingerprint density at radius 2 is 1.86 bits per heavy atom. The van der Waals surface area contributed by atoms with Crippen LogP contribution in [0.3, 0.4) is 0 Å². The fourth-order valence-electron chi connectivity index (χ4n) is 2.25. The summed E-state index contributed by atoms with van der Waals surface area (Å²) in [6.45, 7) is 2.43. The third-order valence-corrected chi connectivity index (χ3v) is 3.36. The van der Waals surface area contributed by atoms with Crippen molar-refractivity contribution in [1.29, 1.82) is 0 Å². The Balaban J connectivity index is 1.96. The number of hydrogen-bond donors (Lipinski definition) is 1. The number of rotatable bonds is 4. The lowest BCUT2D eigenvalue weighted by Gasteiger charge is -2.10. The first-order valence-corrected chi connectivity index (χ1v) is 7.13. The van der Waals surface area contributed by atoms with E-state index in [1.54, 1.807) is 16.8 Å². The van der Waals surface area contributed by atoms with E-state index in [0.717, 1.165) is 5.56 Å². The first-order chi connectivity index (χ1) is 10.8. The molecule has 0 aliphatic rings. The molecule has 0 spiro atoms. The van der Waals surface area contributed by atoms with Crippen LogP contribution in [0.15, 0.2) is 64.5 Å². The Kier molecular flexibility index (Phi) is 3.96. The van der Waals surface area contributed by atoms with Crippen LogP contribution in [0.5, 0.6) is 0 Å². The first-order valence-electron chi connectivity index (χ1n) is 7.13. The van der Waals surface area contributed by atoms with Gasteiger partial charge in [0.25, 0.3) is 5.56 Å². The average Bonchev–Trinajstić information content (AvgIpc) is 2.56. The van der Waals surface area contributed by atoms with Crippen molar-refractivity contribution in [2.45, 2.75) is 13.5 Å². The molecule has 3 aromatic rings. The number of nitrogens with one attached hydrogen (secondary N) is 1. The zero-order valence-corrected chi connectivity index (χ0v) is 12.2. The van der Waals surface area contributed by atoms with E-state index in [2.05, 4.69) is 15.5 Å². The summed E-state index contributed by atoms with van der Waals surface area (Å²) in [5, 5.41) is 4.78. The molecule has 0 fully saturated rings. The summed E-state index contributed by atoms with van der Waals surface area (Å²) >= 11 is 0. The summed E-state index contributed by atoms with van der Waals surface area (Å²) in [6, 6.07) is 17.0. The number of hydrazone groups is 1. The van der Waals surface area contributed by atoms with Gasteiger partial charge in [-0.25, -0.2) is 10.4 Å². The number of nitrogens with zero attached hydrogens (tertiary/aromatic N) is 3. The highest BCUT2D eigenvalue weighted by Crippen LogP contribution is 2.11. The number of benzene rings is 2. The van der Waals surface area contributed by atoms with Crippen LogP contribution >= 0.6 is 0 Å². The monoisotopic (exact) mass is 292 g/mol. The summed E-state index contributed by atoms with van der Waals surface area (Å²) in [4.78, 5) is 16.9. The standard InChI is InChI=1S/C17H16N4O/c1-2-21-16(22)14-10-6-7-11-15(14)19-17(21)20-18-12-13-8-4-3-5-9-13/h3-12H,2H2,1H3,(H,19,20)/b18-12-. The molecule has 22 heavy (non-hydrogen) atoms. The zero-order chi connectivity index (χ0) is 15.4. The quantitative estimate of drug-likeness (QED) is 0.594. The molecule has 3 rings (SSSR count). The smallest absolute Gasteiger partial charge is 0.262 e. The van der Waals surface area contributed by atoms with E-state index in [4.69, 9.17) is 0 Å². The van der Waals surface area contributed by atoms with Crippen molar-refractivity contribution in [3.05, 3.63) is 70.5 Å². The Morgan fingerprint density at radius 3 is 2.64 bits per heavy atom. The summed E-state index contributed by atoms with van der Waals surface area (Å²) in [7, 11) is 0. The van der Waals surface area contributed by atoms with Crippen molar-refractivity contribution in [1.82, 2.24) is 9.55 Å².